The van der Waals surface area contributed by atoms with Gasteiger partial charge in [-0.05, 0) is 42.5 Å². The normalized spacial score (nSPS) is 11.6. The van der Waals surface area contributed by atoms with Crippen molar-refractivity contribution >= 4 is 0 Å². The summed E-state index contributed by atoms with van der Waals surface area (Å²) in [7, 11) is 0. The molecule has 0 spiro atoms. The van der Waals surface area contributed by atoms with Crippen LogP contribution in [0.1, 0.15) is 22.3 Å². The van der Waals surface area contributed by atoms with Gasteiger partial charge < -0.3 is 0 Å². The molecule has 2 aromatic carbocycles. The minimum atomic E-state index is 0. The second-order valence-corrected chi connectivity index (χ2v) is 4.50. The van der Waals surface area contributed by atoms with Crippen LogP contribution in [0, 0.1) is 13.8 Å². The predicted octanol–water partition coefficient (Wildman–Crippen LogP) is 3.87. The fraction of sp³-hybridized carbons (Fsp3) is 0.200. The van der Waals surface area contributed by atoms with Crippen molar-refractivity contribution < 1.29 is 26.2 Å². The molecule has 0 saturated carbocycles. The molecule has 3 rings (SSSR count). The molecular formula is C15H14Zr. The maximum atomic E-state index is 2.31. The van der Waals surface area contributed by atoms with Crippen molar-refractivity contribution in [1.29, 1.82) is 0 Å². The van der Waals surface area contributed by atoms with Crippen molar-refractivity contribution in [3.63, 3.8) is 0 Å². The molecule has 0 bridgehead atoms. The molecule has 0 aliphatic heterocycles. The van der Waals surface area contributed by atoms with Crippen molar-refractivity contribution in [2.75, 3.05) is 0 Å². The van der Waals surface area contributed by atoms with Gasteiger partial charge in [-0.15, -0.1) is 0 Å². The zero-order valence-electron chi connectivity index (χ0n) is 9.67. The minimum absolute atomic E-state index is 0. The molecule has 0 fully saturated rings. The van der Waals surface area contributed by atoms with Crippen LogP contribution in [0.5, 0.6) is 0 Å². The van der Waals surface area contributed by atoms with Gasteiger partial charge in [-0.2, -0.15) is 0 Å². The van der Waals surface area contributed by atoms with Crippen molar-refractivity contribution in [1.82, 2.24) is 0 Å². The Morgan fingerprint density at radius 2 is 1.19 bits per heavy atom. The van der Waals surface area contributed by atoms with Gasteiger partial charge in [0.15, 0.2) is 0 Å². The largest absolute Gasteiger partial charge is 0.0590 e. The standard InChI is InChI=1S/C15H14.Zr/c1-10-3-5-12-9-13-6-4-11(2)8-15(13)14(12)7-10;/h3-8H,9H2,1-2H3;. The second kappa shape index (κ2) is 4.30. The topological polar surface area (TPSA) is 0 Å². The van der Waals surface area contributed by atoms with E-state index in [1.165, 1.54) is 33.4 Å². The molecule has 1 aliphatic rings. The van der Waals surface area contributed by atoms with Crippen molar-refractivity contribution in [2.24, 2.45) is 0 Å². The van der Waals surface area contributed by atoms with E-state index in [1.54, 1.807) is 0 Å². The number of rotatable bonds is 0. The quantitative estimate of drug-likeness (QED) is 0.588. The summed E-state index contributed by atoms with van der Waals surface area (Å²) in [5, 5.41) is 0. The van der Waals surface area contributed by atoms with E-state index in [2.05, 4.69) is 50.2 Å². The van der Waals surface area contributed by atoms with E-state index in [9.17, 15) is 0 Å². The van der Waals surface area contributed by atoms with Gasteiger partial charge in [0, 0.05) is 26.2 Å². The van der Waals surface area contributed by atoms with Gasteiger partial charge in [0.25, 0.3) is 0 Å². The molecule has 1 aliphatic carbocycles. The van der Waals surface area contributed by atoms with Crippen molar-refractivity contribution in [2.45, 2.75) is 20.3 Å². The Hall–Kier alpha value is -0.677. The van der Waals surface area contributed by atoms with E-state index in [0.717, 1.165) is 6.42 Å². The minimum Gasteiger partial charge on any atom is -0.0590 e. The molecule has 0 amide bonds. The summed E-state index contributed by atoms with van der Waals surface area (Å²) < 4.78 is 0. The Bertz CT molecular complexity index is 492. The maximum Gasteiger partial charge on any atom is 0 e. The van der Waals surface area contributed by atoms with Crippen LogP contribution in [0.2, 0.25) is 0 Å². The summed E-state index contributed by atoms with van der Waals surface area (Å²) in [6, 6.07) is 13.6. The van der Waals surface area contributed by atoms with Crippen LogP contribution in [-0.2, 0) is 32.6 Å². The summed E-state index contributed by atoms with van der Waals surface area (Å²) in [5.74, 6) is 0. The number of aryl methyl sites for hydroxylation is 2. The Labute approximate surface area is 116 Å². The maximum absolute atomic E-state index is 2.31. The fourth-order valence-corrected chi connectivity index (χ4v) is 2.40. The van der Waals surface area contributed by atoms with Crippen LogP contribution in [-0.4, -0.2) is 0 Å². The summed E-state index contributed by atoms with van der Waals surface area (Å²) in [4.78, 5) is 0. The van der Waals surface area contributed by atoms with Gasteiger partial charge >= 0.3 is 0 Å². The van der Waals surface area contributed by atoms with E-state index in [1.807, 2.05) is 0 Å². The van der Waals surface area contributed by atoms with Crippen LogP contribution in [0.15, 0.2) is 36.4 Å². The molecule has 0 unspecified atom stereocenters. The molecule has 78 valence electrons. The zero-order chi connectivity index (χ0) is 10.4. The van der Waals surface area contributed by atoms with Gasteiger partial charge in [-0.25, -0.2) is 0 Å². The predicted molar refractivity (Wildman–Crippen MR) is 64.2 cm³/mol. The number of fused-ring (bicyclic) bond motifs is 3. The SMILES string of the molecule is Cc1ccc2c(c1)-c1cc(C)ccc1C2.[Zr]. The van der Waals surface area contributed by atoms with E-state index < -0.39 is 0 Å². The molecule has 0 heterocycles. The molecule has 1 heteroatoms. The number of benzene rings is 2. The van der Waals surface area contributed by atoms with Gasteiger partial charge in [-0.1, -0.05) is 47.5 Å². The van der Waals surface area contributed by atoms with E-state index in [-0.39, 0.29) is 26.2 Å². The van der Waals surface area contributed by atoms with Crippen molar-refractivity contribution in [3.05, 3.63) is 58.7 Å². The Morgan fingerprint density at radius 1 is 0.750 bits per heavy atom. The van der Waals surface area contributed by atoms with Gasteiger partial charge in [0.05, 0.1) is 0 Å². The number of hydrogen-bond donors (Lipinski definition) is 0. The van der Waals surface area contributed by atoms with Gasteiger partial charge in [0.2, 0.25) is 0 Å². The molecular weight excluding hydrogens is 271 g/mol. The van der Waals surface area contributed by atoms with Crippen molar-refractivity contribution in [3.8, 4) is 11.1 Å². The van der Waals surface area contributed by atoms with E-state index >= 15 is 0 Å². The Kier molecular flexibility index (Phi) is 3.17. The van der Waals surface area contributed by atoms with E-state index in [4.69, 9.17) is 0 Å². The third-order valence-corrected chi connectivity index (χ3v) is 3.20. The summed E-state index contributed by atoms with van der Waals surface area (Å²) in [6.07, 6.45) is 1.10. The molecule has 0 atom stereocenters. The zero-order valence-corrected chi connectivity index (χ0v) is 12.1. The van der Waals surface area contributed by atoms with Crippen LogP contribution < -0.4 is 0 Å². The molecule has 2 aromatic rings. The average molecular weight is 286 g/mol. The average Bonchev–Trinajstić information content (AvgIpc) is 2.56. The summed E-state index contributed by atoms with van der Waals surface area (Å²) >= 11 is 0. The third kappa shape index (κ3) is 1.82. The van der Waals surface area contributed by atoms with Crippen LogP contribution >= 0.6 is 0 Å². The molecule has 0 aromatic heterocycles. The third-order valence-electron chi connectivity index (χ3n) is 3.20. The van der Waals surface area contributed by atoms with Crippen LogP contribution in [0.25, 0.3) is 11.1 Å². The first-order valence-electron chi connectivity index (χ1n) is 5.43. The van der Waals surface area contributed by atoms with Gasteiger partial charge in [0.1, 0.15) is 0 Å². The Balaban J connectivity index is 0.000000963. The van der Waals surface area contributed by atoms with Crippen LogP contribution in [0.4, 0.5) is 0 Å². The molecule has 0 radical (unpaired) electrons. The molecule has 0 N–H and O–H groups in total. The molecule has 16 heavy (non-hydrogen) atoms. The summed E-state index contributed by atoms with van der Waals surface area (Å²) in [6.45, 7) is 4.32. The monoisotopic (exact) mass is 284 g/mol. The Morgan fingerprint density at radius 3 is 1.62 bits per heavy atom. The number of hydrogen-bond acceptors (Lipinski definition) is 0. The summed E-state index contributed by atoms with van der Waals surface area (Å²) in [5.41, 5.74) is 8.52. The fourth-order valence-electron chi connectivity index (χ4n) is 2.40. The first-order chi connectivity index (χ1) is 7.24. The molecule has 0 nitrogen and oxygen atoms in total. The first-order valence-corrected chi connectivity index (χ1v) is 5.43. The smallest absolute Gasteiger partial charge is 0 e. The molecule has 0 saturated heterocycles. The van der Waals surface area contributed by atoms with E-state index in [0.29, 0.717) is 0 Å². The first kappa shape index (κ1) is 11.8. The van der Waals surface area contributed by atoms with Gasteiger partial charge in [-0.3, -0.25) is 0 Å². The van der Waals surface area contributed by atoms with Crippen LogP contribution in [0.3, 0.4) is 0 Å². The second-order valence-electron chi connectivity index (χ2n) is 4.50.